The summed E-state index contributed by atoms with van der Waals surface area (Å²) in [6.07, 6.45) is 1.00. The number of aryl methyl sites for hydroxylation is 1. The van der Waals surface area contributed by atoms with Crippen LogP contribution in [-0.4, -0.2) is 0 Å². The topological polar surface area (TPSA) is 0 Å². The van der Waals surface area contributed by atoms with Gasteiger partial charge in [-0.05, 0) is 42.7 Å². The van der Waals surface area contributed by atoms with Gasteiger partial charge in [0.25, 0.3) is 0 Å². The summed E-state index contributed by atoms with van der Waals surface area (Å²) < 4.78 is 41.5. The Balaban J connectivity index is 2.52. The van der Waals surface area contributed by atoms with E-state index in [2.05, 4.69) is 0 Å². The molecule has 0 radical (unpaired) electrons. The molecule has 0 spiro atoms. The summed E-state index contributed by atoms with van der Waals surface area (Å²) in [4.78, 5) is 0. The van der Waals surface area contributed by atoms with Crippen LogP contribution in [0.3, 0.4) is 0 Å². The summed E-state index contributed by atoms with van der Waals surface area (Å²) in [5.74, 6) is -1.70. The van der Waals surface area contributed by atoms with Crippen molar-refractivity contribution in [1.29, 1.82) is 0 Å². The molecule has 100 valence electrons. The van der Waals surface area contributed by atoms with Crippen molar-refractivity contribution in [2.24, 2.45) is 0 Å². The molecule has 0 saturated heterocycles. The zero-order valence-corrected chi connectivity index (χ0v) is 10.9. The van der Waals surface area contributed by atoms with Crippen LogP contribution in [0, 0.1) is 24.4 Å². The molecule has 0 aromatic heterocycles. The summed E-state index contributed by atoms with van der Waals surface area (Å²) in [5, 5.41) is 0. The van der Waals surface area contributed by atoms with E-state index in [1.165, 1.54) is 18.2 Å². The van der Waals surface area contributed by atoms with Crippen LogP contribution < -0.4 is 0 Å². The monoisotopic (exact) mass is 264 g/mol. The molecule has 0 fully saturated rings. The number of halogens is 3. The van der Waals surface area contributed by atoms with Crippen LogP contribution in [-0.2, 0) is 6.42 Å². The molecule has 0 bridgehead atoms. The van der Waals surface area contributed by atoms with Gasteiger partial charge in [0.15, 0.2) is 0 Å². The molecule has 0 nitrogen and oxygen atoms in total. The molecule has 0 unspecified atom stereocenters. The van der Waals surface area contributed by atoms with Crippen molar-refractivity contribution in [3.63, 3.8) is 0 Å². The highest BCUT2D eigenvalue weighted by atomic mass is 19.1. The van der Waals surface area contributed by atoms with Gasteiger partial charge in [0.2, 0.25) is 0 Å². The summed E-state index contributed by atoms with van der Waals surface area (Å²) in [5.41, 5.74) is 1.28. The van der Waals surface area contributed by atoms with E-state index < -0.39 is 17.5 Å². The third kappa shape index (κ3) is 2.80. The Kier molecular flexibility index (Phi) is 3.93. The first-order valence-electron chi connectivity index (χ1n) is 6.27. The predicted octanol–water partition coefficient (Wildman–Crippen LogP) is 5.03. The maximum Gasteiger partial charge on any atom is 0.131 e. The summed E-state index contributed by atoms with van der Waals surface area (Å²) in [6, 6.07) is 7.00. The molecule has 0 aliphatic carbocycles. The first-order chi connectivity index (χ1) is 9.02. The minimum Gasteiger partial charge on any atom is -0.207 e. The molecule has 2 aromatic rings. The second-order valence-corrected chi connectivity index (χ2v) is 4.65. The lowest BCUT2D eigenvalue weighted by Gasteiger charge is -2.09. The lowest BCUT2D eigenvalue weighted by Crippen LogP contribution is -1.97. The highest BCUT2D eigenvalue weighted by molar-refractivity contribution is 5.65. The molecule has 0 atom stereocenters. The molecular weight excluding hydrogens is 249 g/mol. The van der Waals surface area contributed by atoms with Crippen molar-refractivity contribution in [2.75, 3.05) is 0 Å². The molecule has 0 aliphatic rings. The fourth-order valence-electron chi connectivity index (χ4n) is 2.10. The molecule has 0 N–H and O–H groups in total. The van der Waals surface area contributed by atoms with Crippen molar-refractivity contribution >= 4 is 0 Å². The molecule has 19 heavy (non-hydrogen) atoms. The van der Waals surface area contributed by atoms with Gasteiger partial charge in [-0.1, -0.05) is 25.5 Å². The maximum atomic E-state index is 13.8. The largest absolute Gasteiger partial charge is 0.207 e. The van der Waals surface area contributed by atoms with E-state index in [4.69, 9.17) is 0 Å². The number of benzene rings is 2. The van der Waals surface area contributed by atoms with Crippen LogP contribution >= 0.6 is 0 Å². The van der Waals surface area contributed by atoms with E-state index in [1.807, 2.05) is 6.92 Å². The predicted molar refractivity (Wildman–Crippen MR) is 70.5 cm³/mol. The third-order valence-electron chi connectivity index (χ3n) is 3.08. The molecule has 0 saturated carbocycles. The first-order valence-corrected chi connectivity index (χ1v) is 6.27. The standard InChI is InChI=1S/C16H15F3/c1-3-4-13-15(18)8-11(9-16(13)19)12-6-5-10(2)7-14(12)17/h5-9H,3-4H2,1-2H3. The fraction of sp³-hybridized carbons (Fsp3) is 0.250. The zero-order chi connectivity index (χ0) is 14.0. The van der Waals surface area contributed by atoms with Crippen molar-refractivity contribution in [3.8, 4) is 11.1 Å². The molecular formula is C16H15F3. The van der Waals surface area contributed by atoms with Gasteiger partial charge < -0.3 is 0 Å². The Morgan fingerprint density at radius 1 is 0.895 bits per heavy atom. The average Bonchev–Trinajstić information content (AvgIpc) is 2.33. The summed E-state index contributed by atoms with van der Waals surface area (Å²) in [6.45, 7) is 3.62. The first kappa shape index (κ1) is 13.7. The number of hydrogen-bond donors (Lipinski definition) is 0. The van der Waals surface area contributed by atoms with E-state index in [1.54, 1.807) is 19.1 Å². The van der Waals surface area contributed by atoms with Crippen molar-refractivity contribution in [2.45, 2.75) is 26.7 Å². The molecule has 2 aromatic carbocycles. The summed E-state index contributed by atoms with van der Waals surface area (Å²) in [7, 11) is 0. The highest BCUT2D eigenvalue weighted by Crippen LogP contribution is 2.27. The highest BCUT2D eigenvalue weighted by Gasteiger charge is 2.13. The van der Waals surface area contributed by atoms with Crippen molar-refractivity contribution in [3.05, 3.63) is 58.9 Å². The van der Waals surface area contributed by atoms with Crippen molar-refractivity contribution < 1.29 is 13.2 Å². The van der Waals surface area contributed by atoms with Crippen molar-refractivity contribution in [1.82, 2.24) is 0 Å². The molecule has 3 heteroatoms. The average molecular weight is 264 g/mol. The Hall–Kier alpha value is -1.77. The van der Waals surface area contributed by atoms with Gasteiger partial charge >= 0.3 is 0 Å². The third-order valence-corrected chi connectivity index (χ3v) is 3.08. The minimum atomic E-state index is -0.614. The molecule has 0 aliphatic heterocycles. The maximum absolute atomic E-state index is 13.8. The van der Waals surface area contributed by atoms with Crippen LogP contribution in [0.5, 0.6) is 0 Å². The second-order valence-electron chi connectivity index (χ2n) is 4.65. The van der Waals surface area contributed by atoms with Crippen LogP contribution in [0.25, 0.3) is 11.1 Å². The lowest BCUT2D eigenvalue weighted by atomic mass is 9.99. The van der Waals surface area contributed by atoms with E-state index in [-0.39, 0.29) is 16.7 Å². The lowest BCUT2D eigenvalue weighted by molar-refractivity contribution is 0.553. The Morgan fingerprint density at radius 2 is 1.53 bits per heavy atom. The van der Waals surface area contributed by atoms with Gasteiger partial charge in [-0.2, -0.15) is 0 Å². The van der Waals surface area contributed by atoms with Gasteiger partial charge in [0.05, 0.1) is 0 Å². The van der Waals surface area contributed by atoms with E-state index in [9.17, 15) is 13.2 Å². The molecule has 0 amide bonds. The van der Waals surface area contributed by atoms with Gasteiger partial charge in [-0.3, -0.25) is 0 Å². The molecule has 0 heterocycles. The Morgan fingerprint density at radius 3 is 2.05 bits per heavy atom. The quantitative estimate of drug-likeness (QED) is 0.729. The SMILES string of the molecule is CCCc1c(F)cc(-c2ccc(C)cc2F)cc1F. The Labute approximate surface area is 110 Å². The smallest absolute Gasteiger partial charge is 0.131 e. The fourth-order valence-corrected chi connectivity index (χ4v) is 2.10. The van der Waals surface area contributed by atoms with E-state index in [0.717, 1.165) is 5.56 Å². The van der Waals surface area contributed by atoms with Crippen LogP contribution in [0.15, 0.2) is 30.3 Å². The van der Waals surface area contributed by atoms with Gasteiger partial charge in [-0.15, -0.1) is 0 Å². The van der Waals surface area contributed by atoms with E-state index in [0.29, 0.717) is 12.8 Å². The molecule has 2 rings (SSSR count). The Bertz CT molecular complexity index is 580. The number of rotatable bonds is 3. The van der Waals surface area contributed by atoms with E-state index >= 15 is 0 Å². The zero-order valence-electron chi connectivity index (χ0n) is 10.9. The van der Waals surface area contributed by atoms with Crippen LogP contribution in [0.1, 0.15) is 24.5 Å². The van der Waals surface area contributed by atoms with Gasteiger partial charge in [-0.25, -0.2) is 13.2 Å². The summed E-state index contributed by atoms with van der Waals surface area (Å²) >= 11 is 0. The number of hydrogen-bond acceptors (Lipinski definition) is 0. The second kappa shape index (κ2) is 5.47. The minimum absolute atomic E-state index is 0.0683. The van der Waals surface area contributed by atoms with Crippen LogP contribution in [0.4, 0.5) is 13.2 Å². The normalized spacial score (nSPS) is 10.8. The van der Waals surface area contributed by atoms with Gasteiger partial charge in [0.1, 0.15) is 17.5 Å². The van der Waals surface area contributed by atoms with Gasteiger partial charge in [0, 0.05) is 11.1 Å². The van der Waals surface area contributed by atoms with Crippen LogP contribution in [0.2, 0.25) is 0 Å².